The van der Waals surface area contributed by atoms with Crippen molar-refractivity contribution >= 4 is 35.4 Å². The summed E-state index contributed by atoms with van der Waals surface area (Å²) in [6.45, 7) is 1.95. The molecule has 0 aliphatic carbocycles. The van der Waals surface area contributed by atoms with Gasteiger partial charge >= 0.3 is 5.97 Å². The first kappa shape index (κ1) is 15.4. The topological polar surface area (TPSA) is 110 Å². The van der Waals surface area contributed by atoms with Crippen molar-refractivity contribution in [3.8, 4) is 0 Å². The molecule has 0 spiro atoms. The van der Waals surface area contributed by atoms with Crippen molar-refractivity contribution in [3.05, 3.63) is 23.4 Å². The number of aromatic nitrogens is 1. The number of aliphatic carboxylic acids is 1. The lowest BCUT2D eigenvalue weighted by atomic mass is 10.0. The molecule has 3 heterocycles. The molecule has 0 saturated carbocycles. The number of amides is 1. The van der Waals surface area contributed by atoms with E-state index in [0.29, 0.717) is 34.5 Å². The Morgan fingerprint density at radius 2 is 2.45 bits per heavy atom. The fourth-order valence-corrected chi connectivity index (χ4v) is 4.63. The summed E-state index contributed by atoms with van der Waals surface area (Å²) in [5, 5.41) is 9.81. The zero-order chi connectivity index (χ0) is 15.9. The van der Waals surface area contributed by atoms with Crippen LogP contribution in [0.3, 0.4) is 0 Å². The van der Waals surface area contributed by atoms with Crippen LogP contribution in [0.1, 0.15) is 12.8 Å². The smallest absolute Gasteiger partial charge is 0.352 e. The molecule has 118 valence electrons. The lowest BCUT2D eigenvalue weighted by Crippen LogP contribution is -2.68. The molecule has 1 saturated heterocycles. The first-order valence-corrected chi connectivity index (χ1v) is 8.79. The van der Waals surface area contributed by atoms with Gasteiger partial charge in [-0.3, -0.25) is 9.69 Å². The van der Waals surface area contributed by atoms with Gasteiger partial charge in [0.25, 0.3) is 0 Å². The van der Waals surface area contributed by atoms with Gasteiger partial charge in [0.1, 0.15) is 17.1 Å². The average Bonchev–Trinajstić information content (AvgIpc) is 2.99. The molecule has 0 aromatic carbocycles. The molecule has 1 amide bonds. The van der Waals surface area contributed by atoms with E-state index in [-0.39, 0.29) is 17.0 Å². The molecule has 1 unspecified atom stereocenters. The van der Waals surface area contributed by atoms with Crippen LogP contribution in [0.5, 0.6) is 0 Å². The second kappa shape index (κ2) is 5.98. The zero-order valence-corrected chi connectivity index (χ0v) is 13.4. The normalized spacial score (nSPS) is 24.3. The summed E-state index contributed by atoms with van der Waals surface area (Å²) in [4.78, 5) is 28.8. The molecule has 22 heavy (non-hydrogen) atoms. The van der Waals surface area contributed by atoms with E-state index in [2.05, 4.69) is 4.98 Å². The van der Waals surface area contributed by atoms with E-state index in [4.69, 9.17) is 10.2 Å². The summed E-state index contributed by atoms with van der Waals surface area (Å²) in [6, 6.07) is -0.602. The number of aryl methyl sites for hydroxylation is 1. The van der Waals surface area contributed by atoms with Gasteiger partial charge in [-0.2, -0.15) is 0 Å². The Kier molecular flexibility index (Phi) is 4.20. The largest absolute Gasteiger partial charge is 0.477 e. The number of hydrogen-bond donors (Lipinski definition) is 2. The number of carboxylic acids is 1. The number of nitrogens with two attached hydrogens (primary N) is 1. The number of thioether (sulfide) groups is 2. The SMILES string of the molecule is CCc1ncc(SCC2=C(C(=O)O)N3C(=O)C(N)[C@@H]3SC2)o1. The summed E-state index contributed by atoms with van der Waals surface area (Å²) in [5.41, 5.74) is 6.48. The quantitative estimate of drug-likeness (QED) is 0.601. The molecule has 3 N–H and O–H groups in total. The number of fused-ring (bicyclic) bond motifs is 1. The van der Waals surface area contributed by atoms with Crippen molar-refractivity contribution in [2.75, 3.05) is 11.5 Å². The highest BCUT2D eigenvalue weighted by molar-refractivity contribution is 8.01. The standard InChI is InChI=1S/C13H15N3O4S2/c1-2-7-15-3-8(20-7)21-4-6-5-22-12-9(14)11(17)16(12)10(6)13(18)19/h3,9,12H,2,4-5,14H2,1H3,(H,18,19)/t9?,12-/m0/s1. The van der Waals surface area contributed by atoms with Gasteiger partial charge in [-0.1, -0.05) is 18.7 Å². The fourth-order valence-electron chi connectivity index (χ4n) is 2.37. The highest BCUT2D eigenvalue weighted by Crippen LogP contribution is 2.40. The lowest BCUT2D eigenvalue weighted by Gasteiger charge is -2.48. The Bertz CT molecular complexity index is 657. The van der Waals surface area contributed by atoms with Crippen molar-refractivity contribution in [1.82, 2.24) is 9.88 Å². The number of nitrogens with zero attached hydrogens (tertiary/aromatic N) is 2. The number of oxazole rings is 1. The van der Waals surface area contributed by atoms with E-state index in [1.807, 2.05) is 6.92 Å². The first-order valence-electron chi connectivity index (χ1n) is 6.76. The average molecular weight is 341 g/mol. The summed E-state index contributed by atoms with van der Waals surface area (Å²) in [7, 11) is 0. The summed E-state index contributed by atoms with van der Waals surface area (Å²) >= 11 is 2.88. The number of carbonyl (C=O) groups excluding carboxylic acids is 1. The second-order valence-electron chi connectivity index (χ2n) is 4.91. The Morgan fingerprint density at radius 1 is 1.68 bits per heavy atom. The van der Waals surface area contributed by atoms with Crippen molar-refractivity contribution in [2.45, 2.75) is 29.9 Å². The molecule has 7 nitrogen and oxygen atoms in total. The van der Waals surface area contributed by atoms with Crippen LogP contribution >= 0.6 is 23.5 Å². The van der Waals surface area contributed by atoms with Gasteiger partial charge in [0.15, 0.2) is 11.0 Å². The van der Waals surface area contributed by atoms with E-state index in [9.17, 15) is 14.7 Å². The zero-order valence-electron chi connectivity index (χ0n) is 11.8. The second-order valence-corrected chi connectivity index (χ2v) is 6.99. The molecule has 3 rings (SSSR count). The van der Waals surface area contributed by atoms with E-state index in [0.717, 1.165) is 0 Å². The Morgan fingerprint density at radius 3 is 3.09 bits per heavy atom. The number of β-lactam (4-membered cyclic amide) rings is 1. The fraction of sp³-hybridized carbons (Fsp3) is 0.462. The molecule has 1 aromatic heterocycles. The van der Waals surface area contributed by atoms with Gasteiger partial charge in [-0.25, -0.2) is 9.78 Å². The Balaban J connectivity index is 1.78. The van der Waals surface area contributed by atoms with E-state index >= 15 is 0 Å². The summed E-state index contributed by atoms with van der Waals surface area (Å²) < 4.78 is 5.49. The third-order valence-electron chi connectivity index (χ3n) is 3.51. The maximum absolute atomic E-state index is 11.8. The van der Waals surface area contributed by atoms with Crippen LogP contribution < -0.4 is 5.73 Å². The molecule has 1 aromatic rings. The van der Waals surface area contributed by atoms with Gasteiger partial charge in [0.05, 0.1) is 6.20 Å². The minimum Gasteiger partial charge on any atom is -0.477 e. The van der Waals surface area contributed by atoms with Crippen LogP contribution in [0.2, 0.25) is 0 Å². The van der Waals surface area contributed by atoms with E-state index < -0.39 is 12.0 Å². The number of carbonyl (C=O) groups is 2. The first-order chi connectivity index (χ1) is 10.5. The van der Waals surface area contributed by atoms with Crippen LogP contribution in [0.25, 0.3) is 0 Å². The van der Waals surface area contributed by atoms with E-state index in [1.165, 1.54) is 28.4 Å². The molecular weight excluding hydrogens is 326 g/mol. The minimum atomic E-state index is -1.09. The summed E-state index contributed by atoms with van der Waals surface area (Å²) in [6.07, 6.45) is 2.34. The maximum atomic E-state index is 11.8. The molecule has 2 aliphatic heterocycles. The number of rotatable bonds is 5. The third-order valence-corrected chi connectivity index (χ3v) is 5.84. The molecular formula is C13H15N3O4S2. The van der Waals surface area contributed by atoms with Gasteiger partial charge in [0.2, 0.25) is 5.91 Å². The van der Waals surface area contributed by atoms with Crippen LogP contribution in [0.4, 0.5) is 0 Å². The monoisotopic (exact) mass is 341 g/mol. The molecule has 0 bridgehead atoms. The maximum Gasteiger partial charge on any atom is 0.352 e. The highest BCUT2D eigenvalue weighted by atomic mass is 32.2. The lowest BCUT2D eigenvalue weighted by molar-refractivity contribution is -0.147. The predicted molar refractivity (Wildman–Crippen MR) is 82.3 cm³/mol. The van der Waals surface area contributed by atoms with Crippen LogP contribution in [0.15, 0.2) is 27.0 Å². The van der Waals surface area contributed by atoms with Crippen LogP contribution in [-0.2, 0) is 16.0 Å². The van der Waals surface area contributed by atoms with Crippen molar-refractivity contribution in [2.24, 2.45) is 5.73 Å². The van der Waals surface area contributed by atoms with Gasteiger partial charge < -0.3 is 15.3 Å². The molecule has 2 aliphatic rings. The number of hydrogen-bond acceptors (Lipinski definition) is 7. The molecule has 9 heteroatoms. The van der Waals surface area contributed by atoms with Gasteiger partial charge in [-0.15, -0.1) is 11.8 Å². The van der Waals surface area contributed by atoms with Crippen molar-refractivity contribution in [3.63, 3.8) is 0 Å². The van der Waals surface area contributed by atoms with Gasteiger partial charge in [-0.05, 0) is 5.57 Å². The Labute approximate surface area is 135 Å². The minimum absolute atomic E-state index is 0.0678. The Hall–Kier alpha value is -1.45. The molecule has 1 fully saturated rings. The van der Waals surface area contributed by atoms with Gasteiger partial charge in [0, 0.05) is 17.9 Å². The molecule has 2 atom stereocenters. The molecule has 0 radical (unpaired) electrons. The number of carboxylic acid groups (broad SMARTS) is 1. The third kappa shape index (κ3) is 2.53. The van der Waals surface area contributed by atoms with Crippen molar-refractivity contribution in [1.29, 1.82) is 0 Å². The highest BCUT2D eigenvalue weighted by Gasteiger charge is 2.51. The van der Waals surface area contributed by atoms with Crippen molar-refractivity contribution < 1.29 is 19.1 Å². The summed E-state index contributed by atoms with van der Waals surface area (Å²) in [5.74, 6) is 0.222. The van der Waals surface area contributed by atoms with E-state index in [1.54, 1.807) is 6.20 Å². The van der Waals surface area contributed by atoms with Crippen LogP contribution in [-0.4, -0.2) is 49.8 Å². The van der Waals surface area contributed by atoms with Crippen LogP contribution in [0, 0.1) is 0 Å². The predicted octanol–water partition coefficient (Wildman–Crippen LogP) is 0.910.